The lowest BCUT2D eigenvalue weighted by Crippen LogP contribution is -2.34. The van der Waals surface area contributed by atoms with E-state index in [1.165, 1.54) is 12.8 Å². The Bertz CT molecular complexity index is 894. The third-order valence-corrected chi connectivity index (χ3v) is 7.50. The molecule has 29 heavy (non-hydrogen) atoms. The van der Waals surface area contributed by atoms with Crippen LogP contribution in [0.4, 0.5) is 5.95 Å². The quantitative estimate of drug-likeness (QED) is 0.731. The zero-order valence-electron chi connectivity index (χ0n) is 16.7. The van der Waals surface area contributed by atoms with E-state index in [1.807, 2.05) is 18.6 Å². The molecule has 160 valence electrons. The van der Waals surface area contributed by atoms with Crippen molar-refractivity contribution in [3.63, 3.8) is 0 Å². The van der Waals surface area contributed by atoms with Crippen molar-refractivity contribution in [3.05, 3.63) is 24.9 Å². The molecule has 1 atom stereocenters. The highest BCUT2D eigenvalue weighted by Gasteiger charge is 2.27. The Morgan fingerprint density at radius 3 is 2.52 bits per heavy atom. The summed E-state index contributed by atoms with van der Waals surface area (Å²) >= 11 is 0. The van der Waals surface area contributed by atoms with Gasteiger partial charge in [-0.3, -0.25) is 0 Å². The molecule has 2 aromatic rings. The first-order chi connectivity index (χ1) is 13.5. The Balaban J connectivity index is 0.00000240. The molecule has 0 aromatic carbocycles. The average Bonchev–Trinajstić information content (AvgIpc) is 3.29. The van der Waals surface area contributed by atoms with E-state index in [0.29, 0.717) is 18.7 Å². The van der Waals surface area contributed by atoms with Gasteiger partial charge in [0.25, 0.3) is 0 Å². The molecule has 2 saturated heterocycles. The van der Waals surface area contributed by atoms with E-state index < -0.39 is 9.84 Å². The fraction of sp³-hybridized carbons (Fsp3) is 0.632. The lowest BCUT2D eigenvalue weighted by molar-refractivity contribution is 0.434. The number of sulfone groups is 1. The van der Waals surface area contributed by atoms with E-state index in [1.54, 1.807) is 6.33 Å². The second-order valence-corrected chi connectivity index (χ2v) is 10.2. The van der Waals surface area contributed by atoms with Crippen LogP contribution in [0.3, 0.4) is 0 Å². The average molecular weight is 441 g/mol. The molecular weight excluding hydrogens is 412 g/mol. The van der Waals surface area contributed by atoms with E-state index in [0.717, 1.165) is 42.8 Å². The molecular formula is C19H29ClN6O2S. The fourth-order valence-corrected chi connectivity index (χ4v) is 5.62. The first-order valence-electron chi connectivity index (χ1n) is 10.0. The third-order valence-electron chi connectivity index (χ3n) is 5.73. The highest BCUT2D eigenvalue weighted by Crippen LogP contribution is 2.22. The van der Waals surface area contributed by atoms with Gasteiger partial charge in [0, 0.05) is 50.2 Å². The standard InChI is InChI=1S/C19H28N6O2S.ClH/c1-15-2-6-24(7-3-15)19-22-10-16(11-23-19)18-12-20-14-25(18)8-5-21-17-4-9-28(26,27)13-17;/h10-12,14-15,17,21H,2-9,13H2,1H3;1H. The molecule has 2 aliphatic heterocycles. The Kier molecular flexibility index (Phi) is 7.13. The Morgan fingerprint density at radius 1 is 1.14 bits per heavy atom. The molecule has 10 heteroatoms. The number of nitrogens with one attached hydrogen (secondary N) is 1. The van der Waals surface area contributed by atoms with Gasteiger partial charge in [-0.15, -0.1) is 12.4 Å². The lowest BCUT2D eigenvalue weighted by Gasteiger charge is -2.30. The number of anilines is 1. The summed E-state index contributed by atoms with van der Waals surface area (Å²) in [5.41, 5.74) is 1.91. The van der Waals surface area contributed by atoms with Crippen molar-refractivity contribution in [3.8, 4) is 11.3 Å². The molecule has 2 aliphatic rings. The summed E-state index contributed by atoms with van der Waals surface area (Å²) < 4.78 is 25.2. The first-order valence-corrected chi connectivity index (χ1v) is 11.8. The predicted molar refractivity (Wildman–Crippen MR) is 116 cm³/mol. The molecule has 0 bridgehead atoms. The number of rotatable bonds is 6. The monoisotopic (exact) mass is 440 g/mol. The van der Waals surface area contributed by atoms with Crippen molar-refractivity contribution in [2.75, 3.05) is 36.0 Å². The van der Waals surface area contributed by atoms with Gasteiger partial charge in [0.1, 0.15) is 0 Å². The molecule has 0 aliphatic carbocycles. The van der Waals surface area contributed by atoms with Crippen molar-refractivity contribution in [1.82, 2.24) is 24.8 Å². The van der Waals surface area contributed by atoms with Crippen LogP contribution in [-0.2, 0) is 16.4 Å². The summed E-state index contributed by atoms with van der Waals surface area (Å²) in [4.78, 5) is 15.7. The van der Waals surface area contributed by atoms with Crippen LogP contribution in [0.25, 0.3) is 11.3 Å². The maximum Gasteiger partial charge on any atom is 0.225 e. The maximum atomic E-state index is 11.6. The lowest BCUT2D eigenvalue weighted by atomic mass is 10.00. The van der Waals surface area contributed by atoms with Crippen molar-refractivity contribution < 1.29 is 8.42 Å². The van der Waals surface area contributed by atoms with Gasteiger partial charge in [-0.25, -0.2) is 23.4 Å². The predicted octanol–water partition coefficient (Wildman–Crippen LogP) is 1.77. The van der Waals surface area contributed by atoms with E-state index >= 15 is 0 Å². The summed E-state index contributed by atoms with van der Waals surface area (Å²) in [6.07, 6.45) is 10.4. The van der Waals surface area contributed by atoms with Gasteiger partial charge in [0.2, 0.25) is 5.95 Å². The van der Waals surface area contributed by atoms with Crippen LogP contribution in [0.2, 0.25) is 0 Å². The van der Waals surface area contributed by atoms with Crippen LogP contribution in [-0.4, -0.2) is 65.1 Å². The molecule has 4 rings (SSSR count). The maximum absolute atomic E-state index is 11.6. The molecule has 1 N–H and O–H groups in total. The summed E-state index contributed by atoms with van der Waals surface area (Å²) in [6, 6.07) is 0.0619. The SMILES string of the molecule is CC1CCN(c2ncc(-c3cncn3CCNC3CCS(=O)(=O)C3)cn2)CC1.Cl. The minimum atomic E-state index is -2.85. The first kappa shape index (κ1) is 22.0. The van der Waals surface area contributed by atoms with E-state index in [9.17, 15) is 8.42 Å². The highest BCUT2D eigenvalue weighted by atomic mass is 35.5. The summed E-state index contributed by atoms with van der Waals surface area (Å²) in [5, 5.41) is 3.34. The fourth-order valence-electron chi connectivity index (χ4n) is 3.91. The van der Waals surface area contributed by atoms with Crippen molar-refractivity contribution in [2.24, 2.45) is 5.92 Å². The second kappa shape index (κ2) is 9.40. The molecule has 4 heterocycles. The topological polar surface area (TPSA) is 93.0 Å². The zero-order chi connectivity index (χ0) is 19.6. The van der Waals surface area contributed by atoms with Crippen molar-refractivity contribution >= 4 is 28.2 Å². The number of hydrogen-bond acceptors (Lipinski definition) is 7. The number of nitrogens with zero attached hydrogens (tertiary/aromatic N) is 5. The molecule has 2 fully saturated rings. The van der Waals surface area contributed by atoms with Gasteiger partial charge in [-0.05, 0) is 25.2 Å². The van der Waals surface area contributed by atoms with Gasteiger partial charge in [-0.2, -0.15) is 0 Å². The number of imidazole rings is 1. The minimum absolute atomic E-state index is 0. The summed E-state index contributed by atoms with van der Waals surface area (Å²) in [7, 11) is -2.85. The van der Waals surface area contributed by atoms with Crippen molar-refractivity contribution in [1.29, 1.82) is 0 Å². The van der Waals surface area contributed by atoms with Crippen LogP contribution in [0, 0.1) is 5.92 Å². The Morgan fingerprint density at radius 2 is 1.86 bits per heavy atom. The number of piperidine rings is 1. The molecule has 0 amide bonds. The molecule has 0 spiro atoms. The summed E-state index contributed by atoms with van der Waals surface area (Å²) in [5.74, 6) is 2.11. The van der Waals surface area contributed by atoms with Gasteiger partial charge >= 0.3 is 0 Å². The van der Waals surface area contributed by atoms with Crippen LogP contribution in [0.5, 0.6) is 0 Å². The normalized spacial score (nSPS) is 21.8. The molecule has 0 saturated carbocycles. The Labute approximate surface area is 178 Å². The molecule has 8 nitrogen and oxygen atoms in total. The smallest absolute Gasteiger partial charge is 0.225 e. The van der Waals surface area contributed by atoms with Crippen LogP contribution >= 0.6 is 12.4 Å². The van der Waals surface area contributed by atoms with Crippen LogP contribution in [0.15, 0.2) is 24.9 Å². The third kappa shape index (κ3) is 5.46. The highest BCUT2D eigenvalue weighted by molar-refractivity contribution is 7.91. The molecule has 2 aromatic heterocycles. The van der Waals surface area contributed by atoms with Crippen LogP contribution < -0.4 is 10.2 Å². The van der Waals surface area contributed by atoms with Crippen molar-refractivity contribution in [2.45, 2.75) is 38.8 Å². The van der Waals surface area contributed by atoms with E-state index in [-0.39, 0.29) is 24.2 Å². The number of hydrogen-bond donors (Lipinski definition) is 1. The van der Waals surface area contributed by atoms with Gasteiger partial charge in [-0.1, -0.05) is 6.92 Å². The van der Waals surface area contributed by atoms with Gasteiger partial charge in [0.15, 0.2) is 9.84 Å². The Hall–Kier alpha value is -1.71. The number of aromatic nitrogens is 4. The van der Waals surface area contributed by atoms with Gasteiger partial charge in [0.05, 0.1) is 29.7 Å². The van der Waals surface area contributed by atoms with E-state index in [4.69, 9.17) is 0 Å². The number of halogens is 1. The zero-order valence-corrected chi connectivity index (χ0v) is 18.3. The molecule has 0 radical (unpaired) electrons. The van der Waals surface area contributed by atoms with Gasteiger partial charge < -0.3 is 14.8 Å². The largest absolute Gasteiger partial charge is 0.341 e. The summed E-state index contributed by atoms with van der Waals surface area (Å²) in [6.45, 7) is 5.75. The second-order valence-electron chi connectivity index (χ2n) is 7.97. The van der Waals surface area contributed by atoms with Crippen LogP contribution in [0.1, 0.15) is 26.2 Å². The minimum Gasteiger partial charge on any atom is -0.341 e. The van der Waals surface area contributed by atoms with E-state index in [2.05, 4.69) is 36.7 Å². The molecule has 1 unspecified atom stereocenters.